The molecule has 0 bridgehead atoms. The van der Waals surface area contributed by atoms with Crippen LogP contribution in [0, 0.1) is 19.7 Å². The van der Waals surface area contributed by atoms with E-state index in [0.717, 1.165) is 11.4 Å². The molecule has 1 aliphatic heterocycles. The molecule has 1 aromatic heterocycles. The molecule has 2 heterocycles. The van der Waals surface area contributed by atoms with Crippen LogP contribution in [0.4, 0.5) is 4.39 Å². The van der Waals surface area contributed by atoms with Crippen molar-refractivity contribution < 1.29 is 14.3 Å². The maximum Gasteiger partial charge on any atom is 0.256 e. The first-order valence-electron chi connectivity index (χ1n) is 8.49. The predicted molar refractivity (Wildman–Crippen MR) is 93.0 cm³/mol. The first-order chi connectivity index (χ1) is 11.8. The Labute approximate surface area is 146 Å². The summed E-state index contributed by atoms with van der Waals surface area (Å²) in [5.74, 6) is -0.708. The SMILES string of the molecule is Cc1nc2cc(F)cc(C(=O)N3CCN(C[C@H](C)O)CC3)c2nc1C. The average molecular weight is 346 g/mol. The van der Waals surface area contributed by atoms with Crippen LogP contribution >= 0.6 is 0 Å². The molecule has 1 fully saturated rings. The molecule has 0 saturated carbocycles. The second kappa shape index (κ2) is 7.01. The van der Waals surface area contributed by atoms with E-state index in [1.165, 1.54) is 12.1 Å². The number of aryl methyl sites for hydroxylation is 2. The normalized spacial score (nSPS) is 17.1. The summed E-state index contributed by atoms with van der Waals surface area (Å²) in [6.07, 6.45) is -0.393. The zero-order valence-electron chi connectivity index (χ0n) is 14.8. The Bertz CT molecular complexity index is 801. The van der Waals surface area contributed by atoms with E-state index >= 15 is 0 Å². The molecule has 1 saturated heterocycles. The van der Waals surface area contributed by atoms with E-state index < -0.39 is 11.9 Å². The van der Waals surface area contributed by atoms with Gasteiger partial charge in [-0.05, 0) is 26.8 Å². The minimum Gasteiger partial charge on any atom is -0.392 e. The van der Waals surface area contributed by atoms with Gasteiger partial charge in [-0.3, -0.25) is 9.69 Å². The van der Waals surface area contributed by atoms with Crippen LogP contribution in [0.5, 0.6) is 0 Å². The van der Waals surface area contributed by atoms with Gasteiger partial charge >= 0.3 is 0 Å². The van der Waals surface area contributed by atoms with E-state index in [1.807, 2.05) is 13.8 Å². The van der Waals surface area contributed by atoms with Crippen molar-refractivity contribution in [1.29, 1.82) is 0 Å². The molecule has 25 heavy (non-hydrogen) atoms. The van der Waals surface area contributed by atoms with Crippen LogP contribution < -0.4 is 0 Å². The predicted octanol–water partition coefficient (Wildman–Crippen LogP) is 1.52. The van der Waals surface area contributed by atoms with E-state index in [-0.39, 0.29) is 11.5 Å². The first-order valence-corrected chi connectivity index (χ1v) is 8.49. The smallest absolute Gasteiger partial charge is 0.256 e. The fourth-order valence-electron chi connectivity index (χ4n) is 3.14. The Morgan fingerprint density at radius 2 is 1.84 bits per heavy atom. The lowest BCUT2D eigenvalue weighted by atomic mass is 10.1. The van der Waals surface area contributed by atoms with Crippen LogP contribution in [0.3, 0.4) is 0 Å². The highest BCUT2D eigenvalue weighted by molar-refractivity contribution is 6.04. The minimum absolute atomic E-state index is 0.223. The molecule has 0 aliphatic carbocycles. The lowest BCUT2D eigenvalue weighted by Crippen LogP contribution is -2.50. The average Bonchev–Trinajstić information content (AvgIpc) is 2.55. The molecule has 1 aromatic carbocycles. The number of carbonyl (C=O) groups excluding carboxylic acids is 1. The number of aliphatic hydroxyl groups is 1. The zero-order valence-corrected chi connectivity index (χ0v) is 14.8. The second-order valence-corrected chi connectivity index (χ2v) is 6.66. The third kappa shape index (κ3) is 3.77. The monoisotopic (exact) mass is 346 g/mol. The highest BCUT2D eigenvalue weighted by Gasteiger charge is 2.25. The van der Waals surface area contributed by atoms with Crippen molar-refractivity contribution in [3.05, 3.63) is 34.9 Å². The summed E-state index contributed by atoms with van der Waals surface area (Å²) >= 11 is 0. The van der Waals surface area contributed by atoms with E-state index in [1.54, 1.807) is 11.8 Å². The fraction of sp³-hybridized carbons (Fsp3) is 0.500. The van der Waals surface area contributed by atoms with Crippen LogP contribution in [0.2, 0.25) is 0 Å². The number of hydrogen-bond acceptors (Lipinski definition) is 5. The summed E-state index contributed by atoms with van der Waals surface area (Å²) < 4.78 is 14.0. The van der Waals surface area contributed by atoms with Crippen molar-refractivity contribution in [1.82, 2.24) is 19.8 Å². The molecule has 0 unspecified atom stereocenters. The highest BCUT2D eigenvalue weighted by atomic mass is 19.1. The van der Waals surface area contributed by atoms with Crippen molar-refractivity contribution in [3.63, 3.8) is 0 Å². The van der Waals surface area contributed by atoms with Crippen molar-refractivity contribution in [3.8, 4) is 0 Å². The van der Waals surface area contributed by atoms with Crippen LogP contribution in [0.1, 0.15) is 28.7 Å². The Morgan fingerprint density at radius 3 is 2.48 bits per heavy atom. The Morgan fingerprint density at radius 1 is 1.20 bits per heavy atom. The van der Waals surface area contributed by atoms with Gasteiger partial charge in [0.15, 0.2) is 0 Å². The number of β-amino-alcohol motifs (C(OH)–C–C–N with tert-alkyl or cyclic N) is 1. The molecule has 7 heteroatoms. The maximum atomic E-state index is 14.0. The van der Waals surface area contributed by atoms with Gasteiger partial charge in [-0.1, -0.05) is 0 Å². The van der Waals surface area contributed by atoms with E-state index in [9.17, 15) is 14.3 Å². The summed E-state index contributed by atoms with van der Waals surface area (Å²) in [5.41, 5.74) is 2.56. The number of halogens is 1. The van der Waals surface area contributed by atoms with Crippen LogP contribution in [-0.2, 0) is 0 Å². The van der Waals surface area contributed by atoms with Crippen LogP contribution in [0.25, 0.3) is 11.0 Å². The van der Waals surface area contributed by atoms with Crippen molar-refractivity contribution in [2.24, 2.45) is 0 Å². The summed E-state index contributed by atoms with van der Waals surface area (Å²) in [6.45, 7) is 8.45. The number of fused-ring (bicyclic) bond motifs is 1. The molecule has 1 amide bonds. The number of amides is 1. The quantitative estimate of drug-likeness (QED) is 0.913. The number of aromatic nitrogens is 2. The molecule has 0 spiro atoms. The minimum atomic E-state index is -0.485. The maximum absolute atomic E-state index is 14.0. The highest BCUT2D eigenvalue weighted by Crippen LogP contribution is 2.21. The summed E-state index contributed by atoms with van der Waals surface area (Å²) in [6, 6.07) is 2.56. The topological polar surface area (TPSA) is 69.6 Å². The van der Waals surface area contributed by atoms with Crippen LogP contribution in [0.15, 0.2) is 12.1 Å². The number of carbonyl (C=O) groups is 1. The third-order valence-electron chi connectivity index (χ3n) is 4.56. The number of nitrogens with zero attached hydrogens (tertiary/aromatic N) is 4. The first kappa shape index (κ1) is 17.7. The number of hydrogen-bond donors (Lipinski definition) is 1. The number of aliphatic hydroxyl groups excluding tert-OH is 1. The molecule has 0 radical (unpaired) electrons. The Hall–Kier alpha value is -2.12. The van der Waals surface area contributed by atoms with Gasteiger partial charge in [-0.15, -0.1) is 0 Å². The van der Waals surface area contributed by atoms with Gasteiger partial charge in [0.1, 0.15) is 11.3 Å². The lowest BCUT2D eigenvalue weighted by molar-refractivity contribution is 0.0555. The second-order valence-electron chi connectivity index (χ2n) is 6.66. The molecule has 3 rings (SSSR count). The molecular formula is C18H23FN4O2. The van der Waals surface area contributed by atoms with E-state index in [2.05, 4.69) is 14.9 Å². The molecule has 1 aliphatic rings. The van der Waals surface area contributed by atoms with Crippen molar-refractivity contribution in [2.45, 2.75) is 26.9 Å². The van der Waals surface area contributed by atoms with Gasteiger partial charge in [0, 0.05) is 38.8 Å². The zero-order chi connectivity index (χ0) is 18.1. The van der Waals surface area contributed by atoms with Crippen molar-refractivity contribution >= 4 is 16.9 Å². The van der Waals surface area contributed by atoms with Gasteiger partial charge in [0.25, 0.3) is 5.91 Å². The summed E-state index contributed by atoms with van der Waals surface area (Å²) in [4.78, 5) is 25.6. The third-order valence-corrected chi connectivity index (χ3v) is 4.56. The fourth-order valence-corrected chi connectivity index (χ4v) is 3.14. The van der Waals surface area contributed by atoms with Gasteiger partial charge in [-0.2, -0.15) is 0 Å². The lowest BCUT2D eigenvalue weighted by Gasteiger charge is -2.35. The number of benzene rings is 1. The Balaban J connectivity index is 1.86. The van der Waals surface area contributed by atoms with Crippen molar-refractivity contribution in [2.75, 3.05) is 32.7 Å². The Kier molecular flexibility index (Phi) is 4.96. The van der Waals surface area contributed by atoms with E-state index in [4.69, 9.17) is 0 Å². The van der Waals surface area contributed by atoms with E-state index in [0.29, 0.717) is 43.8 Å². The molecule has 134 valence electrons. The van der Waals surface area contributed by atoms with Gasteiger partial charge in [-0.25, -0.2) is 14.4 Å². The number of rotatable bonds is 3. The van der Waals surface area contributed by atoms with Gasteiger partial charge in [0.2, 0.25) is 0 Å². The molecule has 6 nitrogen and oxygen atoms in total. The molecule has 1 atom stereocenters. The standard InChI is InChI=1S/C18H23FN4O2/c1-11(24)10-22-4-6-23(7-5-22)18(25)15-8-14(19)9-16-17(15)21-13(3)12(2)20-16/h8-9,11,24H,4-7,10H2,1-3H3/t11-/m0/s1. The molecule has 2 aromatic rings. The summed E-state index contributed by atoms with van der Waals surface area (Å²) in [7, 11) is 0. The largest absolute Gasteiger partial charge is 0.392 e. The van der Waals surface area contributed by atoms with Crippen LogP contribution in [-0.4, -0.2) is 69.6 Å². The summed E-state index contributed by atoms with van der Waals surface area (Å²) in [5, 5.41) is 9.48. The number of piperazine rings is 1. The van der Waals surface area contributed by atoms with Gasteiger partial charge in [0.05, 0.1) is 28.6 Å². The molecular weight excluding hydrogens is 323 g/mol. The van der Waals surface area contributed by atoms with Gasteiger partial charge < -0.3 is 10.0 Å². The molecule has 1 N–H and O–H groups in total.